The van der Waals surface area contributed by atoms with Crippen LogP contribution in [0.25, 0.3) is 0 Å². The second kappa shape index (κ2) is 5.83. The number of anilines is 3. The number of nitrogens with zero attached hydrogens (tertiary/aromatic N) is 2. The summed E-state index contributed by atoms with van der Waals surface area (Å²) < 4.78 is 0. The number of nitrogen functional groups attached to an aromatic ring is 1. The Labute approximate surface area is 124 Å². The van der Waals surface area contributed by atoms with Gasteiger partial charge in [0, 0.05) is 25.5 Å². The maximum atomic E-state index is 12.3. The molecule has 0 bridgehead atoms. The summed E-state index contributed by atoms with van der Waals surface area (Å²) in [6.45, 7) is 3.82. The topological polar surface area (TPSA) is 71.2 Å². The van der Waals surface area contributed by atoms with Crippen molar-refractivity contribution in [1.29, 1.82) is 0 Å². The molecule has 1 aromatic carbocycles. The number of nitrogens with one attached hydrogen (secondary N) is 1. The summed E-state index contributed by atoms with van der Waals surface area (Å²) in [6, 6.07) is 7.45. The van der Waals surface area contributed by atoms with Gasteiger partial charge in [-0.25, -0.2) is 0 Å². The summed E-state index contributed by atoms with van der Waals surface area (Å²) in [5.41, 5.74) is 10.3. The number of carbonyl (C=O) groups is 1. The Morgan fingerprint density at radius 1 is 1.24 bits per heavy atom. The van der Waals surface area contributed by atoms with Crippen molar-refractivity contribution in [1.82, 2.24) is 4.98 Å². The number of hydrogen-bond acceptors (Lipinski definition) is 4. The van der Waals surface area contributed by atoms with Gasteiger partial charge in [0.05, 0.1) is 23.1 Å². The first-order valence-electron chi connectivity index (χ1n) is 6.70. The molecule has 3 N–H and O–H groups in total. The molecule has 5 heteroatoms. The van der Waals surface area contributed by atoms with Crippen LogP contribution in [0.5, 0.6) is 0 Å². The number of amides is 1. The van der Waals surface area contributed by atoms with Crippen LogP contribution in [0, 0.1) is 13.8 Å². The number of carbonyl (C=O) groups excluding carboxylic acids is 1. The zero-order valence-corrected chi connectivity index (χ0v) is 12.8. The molecule has 0 radical (unpaired) electrons. The highest BCUT2D eigenvalue weighted by molar-refractivity contribution is 6.05. The van der Waals surface area contributed by atoms with E-state index in [0.717, 1.165) is 16.9 Å². The molecule has 0 unspecified atom stereocenters. The van der Waals surface area contributed by atoms with Gasteiger partial charge in [-0.1, -0.05) is 6.07 Å². The molecule has 1 aromatic heterocycles. The number of hydrogen-bond donors (Lipinski definition) is 2. The third kappa shape index (κ3) is 3.31. The number of benzene rings is 1. The molecule has 2 aromatic rings. The van der Waals surface area contributed by atoms with Crippen LogP contribution < -0.4 is 16.0 Å². The van der Waals surface area contributed by atoms with Crippen LogP contribution in [-0.2, 0) is 0 Å². The Morgan fingerprint density at radius 3 is 2.62 bits per heavy atom. The lowest BCUT2D eigenvalue weighted by molar-refractivity contribution is 0.102. The fraction of sp³-hybridized carbons (Fsp3) is 0.250. The molecule has 0 aliphatic carbocycles. The van der Waals surface area contributed by atoms with Crippen LogP contribution in [0.4, 0.5) is 17.1 Å². The molecule has 0 spiro atoms. The van der Waals surface area contributed by atoms with Crippen LogP contribution in [0.2, 0.25) is 0 Å². The molecule has 0 saturated carbocycles. The lowest BCUT2D eigenvalue weighted by Crippen LogP contribution is -2.16. The maximum Gasteiger partial charge on any atom is 0.257 e. The van der Waals surface area contributed by atoms with E-state index < -0.39 is 0 Å². The van der Waals surface area contributed by atoms with E-state index in [1.807, 2.05) is 44.1 Å². The molecule has 0 aliphatic heterocycles. The van der Waals surface area contributed by atoms with Crippen LogP contribution in [0.3, 0.4) is 0 Å². The quantitative estimate of drug-likeness (QED) is 0.908. The van der Waals surface area contributed by atoms with E-state index in [2.05, 4.69) is 10.3 Å². The predicted octanol–water partition coefficient (Wildman–Crippen LogP) is 2.60. The Balaban J connectivity index is 2.27. The summed E-state index contributed by atoms with van der Waals surface area (Å²) >= 11 is 0. The van der Waals surface area contributed by atoms with Crippen molar-refractivity contribution in [2.24, 2.45) is 0 Å². The van der Waals surface area contributed by atoms with Crippen molar-refractivity contribution < 1.29 is 4.79 Å². The van der Waals surface area contributed by atoms with Crippen LogP contribution in [-0.4, -0.2) is 25.0 Å². The number of pyridine rings is 1. The SMILES string of the molecule is Cc1ccc(NC(=O)c2cc(N)cnc2C)cc1N(C)C. The van der Waals surface area contributed by atoms with Crippen LogP contribution in [0.1, 0.15) is 21.6 Å². The molecule has 0 atom stereocenters. The normalized spacial score (nSPS) is 10.3. The molecular formula is C16H20N4O. The van der Waals surface area contributed by atoms with Crippen molar-refractivity contribution in [2.75, 3.05) is 30.0 Å². The van der Waals surface area contributed by atoms with E-state index in [0.29, 0.717) is 16.9 Å². The van der Waals surface area contributed by atoms with E-state index >= 15 is 0 Å². The minimum absolute atomic E-state index is 0.208. The van der Waals surface area contributed by atoms with Gasteiger partial charge in [0.15, 0.2) is 0 Å². The van der Waals surface area contributed by atoms with Crippen molar-refractivity contribution in [2.45, 2.75) is 13.8 Å². The van der Waals surface area contributed by atoms with E-state index in [1.165, 1.54) is 0 Å². The Morgan fingerprint density at radius 2 is 1.95 bits per heavy atom. The number of nitrogens with two attached hydrogens (primary N) is 1. The average molecular weight is 284 g/mol. The first-order chi connectivity index (χ1) is 9.88. The zero-order valence-electron chi connectivity index (χ0n) is 12.8. The van der Waals surface area contributed by atoms with Crippen LogP contribution in [0.15, 0.2) is 30.5 Å². The van der Waals surface area contributed by atoms with Crippen LogP contribution >= 0.6 is 0 Å². The second-order valence-corrected chi connectivity index (χ2v) is 5.25. The van der Waals surface area contributed by atoms with E-state index in [1.54, 1.807) is 19.2 Å². The largest absolute Gasteiger partial charge is 0.397 e. The van der Waals surface area contributed by atoms with E-state index in [9.17, 15) is 4.79 Å². The summed E-state index contributed by atoms with van der Waals surface area (Å²) in [5, 5.41) is 2.89. The molecule has 5 nitrogen and oxygen atoms in total. The highest BCUT2D eigenvalue weighted by atomic mass is 16.1. The Kier molecular flexibility index (Phi) is 4.12. The zero-order chi connectivity index (χ0) is 15.6. The fourth-order valence-electron chi connectivity index (χ4n) is 2.15. The summed E-state index contributed by atoms with van der Waals surface area (Å²) in [7, 11) is 3.94. The lowest BCUT2D eigenvalue weighted by atomic mass is 10.1. The predicted molar refractivity (Wildman–Crippen MR) is 86.8 cm³/mol. The molecular weight excluding hydrogens is 264 g/mol. The summed E-state index contributed by atoms with van der Waals surface area (Å²) in [5.74, 6) is -0.208. The van der Waals surface area contributed by atoms with Gasteiger partial charge in [0.25, 0.3) is 5.91 Å². The fourth-order valence-corrected chi connectivity index (χ4v) is 2.15. The van der Waals surface area contributed by atoms with Crippen molar-refractivity contribution in [3.63, 3.8) is 0 Å². The highest BCUT2D eigenvalue weighted by Gasteiger charge is 2.12. The van der Waals surface area contributed by atoms with Crippen molar-refractivity contribution >= 4 is 23.0 Å². The first-order valence-corrected chi connectivity index (χ1v) is 6.70. The Hall–Kier alpha value is -2.56. The molecule has 0 aliphatic rings. The Bertz CT molecular complexity index is 680. The maximum absolute atomic E-state index is 12.3. The molecule has 21 heavy (non-hydrogen) atoms. The van der Waals surface area contributed by atoms with Gasteiger partial charge >= 0.3 is 0 Å². The third-order valence-corrected chi connectivity index (χ3v) is 3.30. The molecule has 0 fully saturated rings. The first kappa shape index (κ1) is 14.8. The van der Waals surface area contributed by atoms with Gasteiger partial charge in [-0.05, 0) is 37.6 Å². The van der Waals surface area contributed by atoms with Gasteiger partial charge < -0.3 is 16.0 Å². The van der Waals surface area contributed by atoms with Gasteiger partial charge in [0.2, 0.25) is 0 Å². The molecule has 1 heterocycles. The minimum Gasteiger partial charge on any atom is -0.397 e. The smallest absolute Gasteiger partial charge is 0.257 e. The standard InChI is InChI=1S/C16H20N4O/c1-10-5-6-13(8-15(10)20(3)4)19-16(21)14-7-12(17)9-18-11(14)2/h5-9H,17H2,1-4H3,(H,19,21). The molecule has 110 valence electrons. The second-order valence-electron chi connectivity index (χ2n) is 5.25. The van der Waals surface area contributed by atoms with Gasteiger partial charge in [-0.15, -0.1) is 0 Å². The monoisotopic (exact) mass is 284 g/mol. The minimum atomic E-state index is -0.208. The third-order valence-electron chi connectivity index (χ3n) is 3.30. The van der Waals surface area contributed by atoms with Gasteiger partial charge in [0.1, 0.15) is 0 Å². The summed E-state index contributed by atoms with van der Waals surface area (Å²) in [4.78, 5) is 18.5. The lowest BCUT2D eigenvalue weighted by Gasteiger charge is -2.17. The number of aromatic nitrogens is 1. The molecule has 2 rings (SSSR count). The number of rotatable bonds is 3. The molecule has 0 saturated heterocycles. The van der Waals surface area contributed by atoms with Crippen molar-refractivity contribution in [3.8, 4) is 0 Å². The van der Waals surface area contributed by atoms with E-state index in [-0.39, 0.29) is 5.91 Å². The van der Waals surface area contributed by atoms with Gasteiger partial charge in [-0.3, -0.25) is 9.78 Å². The molecule has 1 amide bonds. The highest BCUT2D eigenvalue weighted by Crippen LogP contribution is 2.23. The van der Waals surface area contributed by atoms with Gasteiger partial charge in [-0.2, -0.15) is 0 Å². The average Bonchev–Trinajstić information content (AvgIpc) is 2.43. The van der Waals surface area contributed by atoms with Crippen molar-refractivity contribution in [3.05, 3.63) is 47.3 Å². The number of aryl methyl sites for hydroxylation is 2. The van der Waals surface area contributed by atoms with E-state index in [4.69, 9.17) is 5.73 Å². The summed E-state index contributed by atoms with van der Waals surface area (Å²) in [6.07, 6.45) is 1.54.